The number of hydrogen-bond acceptors (Lipinski definition) is 7. The fraction of sp³-hybridized carbons (Fsp3) is 0.250. The molecule has 1 aromatic heterocycles. The zero-order valence-corrected chi connectivity index (χ0v) is 15.6. The maximum atomic E-state index is 12.7. The summed E-state index contributed by atoms with van der Waals surface area (Å²) in [6, 6.07) is 6.53. The van der Waals surface area contributed by atoms with Crippen LogP contribution < -0.4 is 4.74 Å². The molecule has 8 nitrogen and oxygen atoms in total. The Morgan fingerprint density at radius 1 is 1.04 bits per heavy atom. The molecule has 1 aliphatic heterocycles. The number of fused-ring (bicyclic) bond motifs is 1. The summed E-state index contributed by atoms with van der Waals surface area (Å²) in [4.78, 5) is 53.4. The Morgan fingerprint density at radius 2 is 1.64 bits per heavy atom. The number of pyridine rings is 1. The molecule has 0 saturated carbocycles. The van der Waals surface area contributed by atoms with Gasteiger partial charge in [0.1, 0.15) is 6.61 Å². The lowest BCUT2D eigenvalue weighted by Gasteiger charge is -2.20. The van der Waals surface area contributed by atoms with E-state index in [1.807, 2.05) is 0 Å². The van der Waals surface area contributed by atoms with Gasteiger partial charge >= 0.3 is 11.9 Å². The fourth-order valence-electron chi connectivity index (χ4n) is 2.97. The van der Waals surface area contributed by atoms with Gasteiger partial charge in [-0.2, -0.15) is 0 Å². The molecule has 0 fully saturated rings. The Hall–Kier alpha value is -3.55. The molecule has 2 amide bonds. The lowest BCUT2D eigenvalue weighted by Crippen LogP contribution is -2.30. The molecule has 2 aromatic rings. The summed E-state index contributed by atoms with van der Waals surface area (Å²) >= 11 is 0. The van der Waals surface area contributed by atoms with Crippen LogP contribution in [0.3, 0.4) is 0 Å². The number of aryl methyl sites for hydroxylation is 1. The van der Waals surface area contributed by atoms with E-state index in [4.69, 9.17) is 9.47 Å². The van der Waals surface area contributed by atoms with Gasteiger partial charge in [0.25, 0.3) is 11.8 Å². The van der Waals surface area contributed by atoms with E-state index in [0.29, 0.717) is 27.9 Å². The summed E-state index contributed by atoms with van der Waals surface area (Å²) in [5, 5.41) is 0. The zero-order chi connectivity index (χ0) is 20.4. The van der Waals surface area contributed by atoms with Crippen molar-refractivity contribution in [3.63, 3.8) is 0 Å². The molecule has 0 radical (unpaired) electrons. The molecule has 28 heavy (non-hydrogen) atoms. The van der Waals surface area contributed by atoms with Gasteiger partial charge in [-0.3, -0.25) is 29.1 Å². The molecule has 0 spiro atoms. The minimum absolute atomic E-state index is 0.130. The van der Waals surface area contributed by atoms with Gasteiger partial charge in [-0.05, 0) is 19.1 Å². The van der Waals surface area contributed by atoms with Crippen molar-refractivity contribution in [2.45, 2.75) is 33.9 Å². The van der Waals surface area contributed by atoms with Crippen LogP contribution >= 0.6 is 0 Å². The predicted octanol–water partition coefficient (Wildman–Crippen LogP) is 2.17. The lowest BCUT2D eigenvalue weighted by molar-refractivity contribution is -0.142. The van der Waals surface area contributed by atoms with Crippen molar-refractivity contribution in [1.29, 1.82) is 0 Å². The molecule has 1 aliphatic rings. The number of carbonyl (C=O) groups excluding carboxylic acids is 4. The molecule has 0 atom stereocenters. The van der Waals surface area contributed by atoms with Gasteiger partial charge in [0.2, 0.25) is 0 Å². The number of imide groups is 1. The number of hydrogen-bond donors (Lipinski definition) is 0. The third kappa shape index (κ3) is 3.62. The summed E-state index contributed by atoms with van der Waals surface area (Å²) in [7, 11) is 0. The molecule has 3 rings (SSSR count). The van der Waals surface area contributed by atoms with Gasteiger partial charge in [-0.1, -0.05) is 12.1 Å². The summed E-state index contributed by atoms with van der Waals surface area (Å²) in [5.74, 6) is -1.81. The Balaban J connectivity index is 2.03. The van der Waals surface area contributed by atoms with E-state index in [0.717, 1.165) is 4.90 Å². The van der Waals surface area contributed by atoms with Crippen LogP contribution in [-0.2, 0) is 27.5 Å². The van der Waals surface area contributed by atoms with Gasteiger partial charge in [-0.25, -0.2) is 0 Å². The summed E-state index contributed by atoms with van der Waals surface area (Å²) in [6.07, 6.45) is 1.47. The summed E-state index contributed by atoms with van der Waals surface area (Å²) in [6.45, 7) is 3.87. The number of ether oxygens (including phenoxy) is 2. The van der Waals surface area contributed by atoms with Gasteiger partial charge in [0.15, 0.2) is 5.75 Å². The molecule has 0 N–H and O–H groups in total. The average molecular weight is 382 g/mol. The quantitative estimate of drug-likeness (QED) is 0.577. The number of esters is 2. The highest BCUT2D eigenvalue weighted by molar-refractivity contribution is 6.21. The van der Waals surface area contributed by atoms with Crippen LogP contribution in [-0.4, -0.2) is 33.6 Å². The number of carbonyl (C=O) groups is 4. The maximum Gasteiger partial charge on any atom is 0.308 e. The van der Waals surface area contributed by atoms with Gasteiger partial charge in [-0.15, -0.1) is 0 Å². The van der Waals surface area contributed by atoms with Gasteiger partial charge in [0, 0.05) is 31.2 Å². The first kappa shape index (κ1) is 19.2. The third-order valence-corrected chi connectivity index (χ3v) is 4.28. The second kappa shape index (κ2) is 7.59. The first-order valence-electron chi connectivity index (χ1n) is 8.54. The monoisotopic (exact) mass is 382 g/mol. The van der Waals surface area contributed by atoms with Crippen LogP contribution in [0.15, 0.2) is 30.5 Å². The third-order valence-electron chi connectivity index (χ3n) is 4.28. The number of rotatable bonds is 5. The van der Waals surface area contributed by atoms with Crippen molar-refractivity contribution in [2.24, 2.45) is 0 Å². The molecule has 0 aliphatic carbocycles. The van der Waals surface area contributed by atoms with Crippen LogP contribution in [0.25, 0.3) is 0 Å². The van der Waals surface area contributed by atoms with E-state index in [9.17, 15) is 19.2 Å². The Kier molecular flexibility index (Phi) is 5.21. The number of amides is 2. The maximum absolute atomic E-state index is 12.7. The molecule has 144 valence electrons. The molecule has 0 bridgehead atoms. The van der Waals surface area contributed by atoms with Crippen LogP contribution in [0.2, 0.25) is 0 Å². The smallest absolute Gasteiger partial charge is 0.308 e. The van der Waals surface area contributed by atoms with Crippen molar-refractivity contribution >= 4 is 23.8 Å². The molecular weight excluding hydrogens is 364 g/mol. The van der Waals surface area contributed by atoms with Crippen LogP contribution in [0.4, 0.5) is 0 Å². The number of nitrogens with zero attached hydrogens (tertiary/aromatic N) is 2. The molecule has 2 heterocycles. The highest BCUT2D eigenvalue weighted by atomic mass is 16.5. The minimum Gasteiger partial charge on any atom is -0.461 e. The van der Waals surface area contributed by atoms with E-state index < -0.39 is 23.8 Å². The highest BCUT2D eigenvalue weighted by Crippen LogP contribution is 2.31. The second-order valence-corrected chi connectivity index (χ2v) is 6.29. The van der Waals surface area contributed by atoms with E-state index in [2.05, 4.69) is 4.98 Å². The van der Waals surface area contributed by atoms with Crippen molar-refractivity contribution in [1.82, 2.24) is 9.88 Å². The van der Waals surface area contributed by atoms with Crippen molar-refractivity contribution < 1.29 is 28.7 Å². The van der Waals surface area contributed by atoms with Crippen molar-refractivity contribution in [3.05, 3.63) is 58.4 Å². The SMILES string of the molecule is CC(=O)OCc1cnc(C)c(OC(C)=O)c1CN1C(=O)c2ccccc2C1=O. The minimum atomic E-state index is -0.571. The van der Waals surface area contributed by atoms with E-state index in [1.165, 1.54) is 20.0 Å². The number of aromatic nitrogens is 1. The molecular formula is C20H18N2O6. The zero-order valence-electron chi connectivity index (χ0n) is 15.6. The molecule has 1 aromatic carbocycles. The van der Waals surface area contributed by atoms with Gasteiger partial charge in [0.05, 0.1) is 23.4 Å². The average Bonchev–Trinajstić information content (AvgIpc) is 2.88. The Morgan fingerprint density at radius 3 is 2.18 bits per heavy atom. The van der Waals surface area contributed by atoms with Crippen LogP contribution in [0, 0.1) is 6.92 Å². The lowest BCUT2D eigenvalue weighted by atomic mass is 10.1. The summed E-state index contributed by atoms with van der Waals surface area (Å²) in [5.41, 5.74) is 1.86. The first-order valence-corrected chi connectivity index (χ1v) is 8.54. The van der Waals surface area contributed by atoms with E-state index in [1.54, 1.807) is 31.2 Å². The molecule has 0 saturated heterocycles. The normalized spacial score (nSPS) is 12.8. The second-order valence-electron chi connectivity index (χ2n) is 6.29. The van der Waals surface area contributed by atoms with E-state index >= 15 is 0 Å². The van der Waals surface area contributed by atoms with Crippen LogP contribution in [0.1, 0.15) is 51.4 Å². The Bertz CT molecular complexity index is 963. The predicted molar refractivity (Wildman–Crippen MR) is 96.4 cm³/mol. The van der Waals surface area contributed by atoms with Crippen molar-refractivity contribution in [3.8, 4) is 5.75 Å². The number of benzene rings is 1. The Labute approximate surface area is 161 Å². The first-order chi connectivity index (χ1) is 13.3. The van der Waals surface area contributed by atoms with Crippen molar-refractivity contribution in [2.75, 3.05) is 0 Å². The fourth-order valence-corrected chi connectivity index (χ4v) is 2.97. The summed E-state index contributed by atoms with van der Waals surface area (Å²) < 4.78 is 10.3. The highest BCUT2D eigenvalue weighted by Gasteiger charge is 2.36. The van der Waals surface area contributed by atoms with E-state index in [-0.39, 0.29) is 18.9 Å². The topological polar surface area (TPSA) is 103 Å². The molecule has 8 heteroatoms. The standard InChI is InChI=1S/C20H18N2O6/c1-11-18(28-13(3)24)17(14(8-21-11)10-27-12(2)23)9-22-19(25)15-6-4-5-7-16(15)20(22)26/h4-8H,9-10H2,1-3H3. The van der Waals surface area contributed by atoms with Gasteiger partial charge < -0.3 is 9.47 Å². The largest absolute Gasteiger partial charge is 0.461 e. The molecule has 0 unspecified atom stereocenters. The van der Waals surface area contributed by atoms with Crippen LogP contribution in [0.5, 0.6) is 5.75 Å².